The zero-order valence-corrected chi connectivity index (χ0v) is 11.4. The van der Waals surface area contributed by atoms with E-state index in [2.05, 4.69) is 15.3 Å². The zero-order chi connectivity index (χ0) is 14.6. The van der Waals surface area contributed by atoms with Crippen molar-refractivity contribution in [2.24, 2.45) is 0 Å². The molecule has 0 radical (unpaired) electrons. The molecule has 3 aromatic rings. The fourth-order valence-corrected chi connectivity index (χ4v) is 2.82. The van der Waals surface area contributed by atoms with Gasteiger partial charge in [0.1, 0.15) is 0 Å². The van der Waals surface area contributed by atoms with Crippen molar-refractivity contribution in [2.75, 3.05) is 0 Å². The number of amides is 2. The van der Waals surface area contributed by atoms with E-state index < -0.39 is 0 Å². The van der Waals surface area contributed by atoms with Gasteiger partial charge < -0.3 is 4.98 Å². The molecule has 1 aromatic carbocycles. The Morgan fingerprint density at radius 3 is 2.76 bits per heavy atom. The number of imidazole rings is 1. The predicted octanol–water partition coefficient (Wildman–Crippen LogP) is 1.97. The van der Waals surface area contributed by atoms with Crippen LogP contribution in [-0.4, -0.2) is 26.3 Å². The van der Waals surface area contributed by atoms with Gasteiger partial charge in [0.15, 0.2) is 4.77 Å². The van der Waals surface area contributed by atoms with Crippen LogP contribution in [0.3, 0.4) is 0 Å². The van der Waals surface area contributed by atoms with Gasteiger partial charge in [0.2, 0.25) is 0 Å². The number of rotatable bonds is 1. The molecular formula is C14H8N4O2S. The van der Waals surface area contributed by atoms with E-state index in [-0.39, 0.29) is 11.8 Å². The van der Waals surface area contributed by atoms with E-state index in [1.54, 1.807) is 30.6 Å². The van der Waals surface area contributed by atoms with E-state index in [4.69, 9.17) is 12.2 Å². The number of carbonyl (C=O) groups is 2. The van der Waals surface area contributed by atoms with Crippen LogP contribution in [0.25, 0.3) is 16.7 Å². The lowest BCUT2D eigenvalue weighted by molar-refractivity contribution is 0.0879. The molecule has 0 unspecified atom stereocenters. The molecule has 102 valence electrons. The molecule has 3 heterocycles. The maximum Gasteiger partial charge on any atom is 0.259 e. The highest BCUT2D eigenvalue weighted by molar-refractivity contribution is 7.71. The smallest absolute Gasteiger partial charge is 0.259 e. The van der Waals surface area contributed by atoms with Gasteiger partial charge in [-0.1, -0.05) is 0 Å². The van der Waals surface area contributed by atoms with Gasteiger partial charge in [0.05, 0.1) is 28.4 Å². The van der Waals surface area contributed by atoms with Gasteiger partial charge in [0.25, 0.3) is 11.8 Å². The van der Waals surface area contributed by atoms with E-state index >= 15 is 0 Å². The maximum atomic E-state index is 11.8. The van der Waals surface area contributed by atoms with Crippen LogP contribution < -0.4 is 5.32 Å². The van der Waals surface area contributed by atoms with E-state index in [1.807, 2.05) is 10.6 Å². The van der Waals surface area contributed by atoms with Crippen LogP contribution >= 0.6 is 12.2 Å². The van der Waals surface area contributed by atoms with Crippen molar-refractivity contribution >= 4 is 35.1 Å². The molecule has 6 nitrogen and oxygen atoms in total. The number of carbonyl (C=O) groups excluding carboxylic acids is 2. The minimum atomic E-state index is -0.384. The van der Waals surface area contributed by atoms with Crippen molar-refractivity contribution in [1.29, 1.82) is 0 Å². The number of hydrogen-bond donors (Lipinski definition) is 2. The average Bonchev–Trinajstić information content (AvgIpc) is 2.95. The van der Waals surface area contributed by atoms with Gasteiger partial charge in [-0.05, 0) is 36.5 Å². The average molecular weight is 296 g/mol. The second-order valence-electron chi connectivity index (χ2n) is 4.67. The SMILES string of the molecule is O=C1NC(=O)c2cc(-n3c(=S)[nH]c4cnccc43)ccc21. The Bertz CT molecular complexity index is 986. The number of benzene rings is 1. The van der Waals surface area contributed by atoms with E-state index in [0.29, 0.717) is 15.9 Å². The molecule has 1 aliphatic rings. The molecule has 2 aromatic heterocycles. The molecule has 0 bridgehead atoms. The van der Waals surface area contributed by atoms with E-state index in [1.165, 1.54) is 0 Å². The first-order valence-corrected chi connectivity index (χ1v) is 6.61. The Labute approximate surface area is 123 Å². The number of nitrogens with zero attached hydrogens (tertiary/aromatic N) is 2. The van der Waals surface area contributed by atoms with Crippen LogP contribution in [-0.2, 0) is 0 Å². The third kappa shape index (κ3) is 1.64. The van der Waals surface area contributed by atoms with Gasteiger partial charge in [-0.2, -0.15) is 0 Å². The second-order valence-corrected chi connectivity index (χ2v) is 5.06. The fraction of sp³-hybridized carbons (Fsp3) is 0. The zero-order valence-electron chi connectivity index (χ0n) is 10.6. The Kier molecular flexibility index (Phi) is 2.34. The van der Waals surface area contributed by atoms with Crippen molar-refractivity contribution in [2.45, 2.75) is 0 Å². The molecule has 0 saturated heterocycles. The molecule has 21 heavy (non-hydrogen) atoms. The van der Waals surface area contributed by atoms with Gasteiger partial charge in [-0.3, -0.25) is 24.5 Å². The number of aromatic amines is 1. The first kappa shape index (κ1) is 12.0. The number of pyridine rings is 1. The molecule has 0 saturated carbocycles. The summed E-state index contributed by atoms with van der Waals surface area (Å²) in [6.07, 6.45) is 3.36. The summed E-state index contributed by atoms with van der Waals surface area (Å²) in [5.74, 6) is -0.752. The van der Waals surface area contributed by atoms with Crippen molar-refractivity contribution in [3.8, 4) is 5.69 Å². The Balaban J connectivity index is 2.01. The van der Waals surface area contributed by atoms with Crippen LogP contribution in [0.5, 0.6) is 0 Å². The lowest BCUT2D eigenvalue weighted by Gasteiger charge is -2.05. The number of H-pyrrole nitrogens is 1. The highest BCUT2D eigenvalue weighted by Crippen LogP contribution is 2.23. The lowest BCUT2D eigenvalue weighted by atomic mass is 10.1. The summed E-state index contributed by atoms with van der Waals surface area (Å²) in [4.78, 5) is 30.4. The molecule has 0 aliphatic carbocycles. The summed E-state index contributed by atoms with van der Waals surface area (Å²) in [6.45, 7) is 0. The maximum absolute atomic E-state index is 11.8. The predicted molar refractivity (Wildman–Crippen MR) is 78.1 cm³/mol. The Hall–Kier alpha value is -2.80. The summed E-state index contributed by atoms with van der Waals surface area (Å²) in [6, 6.07) is 6.90. The molecule has 0 atom stereocenters. The molecule has 0 spiro atoms. The van der Waals surface area contributed by atoms with Crippen molar-refractivity contribution < 1.29 is 9.59 Å². The summed E-state index contributed by atoms with van der Waals surface area (Å²) in [7, 11) is 0. The normalized spacial score (nSPS) is 13.5. The van der Waals surface area contributed by atoms with Gasteiger partial charge in [-0.15, -0.1) is 0 Å². The number of aromatic nitrogens is 3. The molecule has 1 aliphatic heterocycles. The van der Waals surface area contributed by atoms with Crippen molar-refractivity contribution in [3.63, 3.8) is 0 Å². The first-order valence-electron chi connectivity index (χ1n) is 6.20. The summed E-state index contributed by atoms with van der Waals surface area (Å²) < 4.78 is 2.31. The molecular weight excluding hydrogens is 288 g/mol. The summed E-state index contributed by atoms with van der Waals surface area (Å²) >= 11 is 5.33. The standard InChI is InChI=1S/C14H8N4O2S/c19-12-8-2-1-7(5-9(8)13(20)17-12)18-11-3-4-15-6-10(11)16-14(18)21/h1-6H,(H,16,21)(H,17,19,20). The van der Waals surface area contributed by atoms with Crippen molar-refractivity contribution in [3.05, 3.63) is 52.6 Å². The van der Waals surface area contributed by atoms with Crippen LogP contribution in [0, 0.1) is 4.77 Å². The minimum absolute atomic E-state index is 0.364. The Morgan fingerprint density at radius 2 is 1.90 bits per heavy atom. The lowest BCUT2D eigenvalue weighted by Crippen LogP contribution is -2.19. The van der Waals surface area contributed by atoms with Gasteiger partial charge in [-0.25, -0.2) is 0 Å². The largest absolute Gasteiger partial charge is 0.329 e. The molecule has 0 fully saturated rings. The van der Waals surface area contributed by atoms with Crippen LogP contribution in [0.4, 0.5) is 0 Å². The topological polar surface area (TPSA) is 79.8 Å². The number of nitrogens with one attached hydrogen (secondary N) is 2. The number of imide groups is 1. The van der Waals surface area contributed by atoms with Gasteiger partial charge in [0, 0.05) is 11.9 Å². The monoisotopic (exact) mass is 296 g/mol. The van der Waals surface area contributed by atoms with Gasteiger partial charge >= 0.3 is 0 Å². The van der Waals surface area contributed by atoms with Crippen LogP contribution in [0.15, 0.2) is 36.7 Å². The van der Waals surface area contributed by atoms with Crippen molar-refractivity contribution in [1.82, 2.24) is 19.9 Å². The first-order chi connectivity index (χ1) is 10.1. The van der Waals surface area contributed by atoms with E-state index in [9.17, 15) is 9.59 Å². The second kappa shape index (κ2) is 4.10. The molecule has 2 amide bonds. The molecule has 2 N–H and O–H groups in total. The molecule has 4 rings (SSSR count). The number of hydrogen-bond acceptors (Lipinski definition) is 4. The quantitative estimate of drug-likeness (QED) is 0.531. The minimum Gasteiger partial charge on any atom is -0.329 e. The van der Waals surface area contributed by atoms with Crippen LogP contribution in [0.2, 0.25) is 0 Å². The third-order valence-corrected chi connectivity index (χ3v) is 3.75. The highest BCUT2D eigenvalue weighted by atomic mass is 32.1. The third-order valence-electron chi connectivity index (χ3n) is 3.46. The fourth-order valence-electron chi connectivity index (χ4n) is 2.51. The molecule has 7 heteroatoms. The summed E-state index contributed by atoms with van der Waals surface area (Å²) in [5, 5.41) is 2.28. The van der Waals surface area contributed by atoms with E-state index in [0.717, 1.165) is 16.7 Å². The number of fused-ring (bicyclic) bond motifs is 2. The van der Waals surface area contributed by atoms with Crippen LogP contribution in [0.1, 0.15) is 20.7 Å². The highest BCUT2D eigenvalue weighted by Gasteiger charge is 2.27. The Morgan fingerprint density at radius 1 is 1.10 bits per heavy atom. The summed E-state index contributed by atoms with van der Waals surface area (Å²) in [5.41, 5.74) is 3.14.